The predicted octanol–water partition coefficient (Wildman–Crippen LogP) is 1.01. The van der Waals surface area contributed by atoms with Crippen LogP contribution in [0.5, 0.6) is 5.88 Å². The lowest BCUT2D eigenvalue weighted by atomic mass is 10.1. The standard InChI is InChI=1S/C15H21N3O2/c1-17(2)14(19)10-18-9-11-6-7-12(18)15(11)20-13-5-3-4-8-16-13/h3-5,8,11-12,15H,6-7,9-10H2,1-2H3/t11-,12+,15+/m1/s1. The number of carbonyl (C=O) groups excluding carboxylic acids is 1. The zero-order chi connectivity index (χ0) is 14.1. The number of likely N-dealkylation sites (N-methyl/N-ethyl adjacent to an activating group) is 1. The van der Waals surface area contributed by atoms with E-state index < -0.39 is 0 Å². The Balaban J connectivity index is 1.65. The zero-order valence-corrected chi connectivity index (χ0v) is 12.0. The lowest BCUT2D eigenvalue weighted by Gasteiger charge is -2.27. The molecule has 0 aromatic carbocycles. The number of nitrogens with zero attached hydrogens (tertiary/aromatic N) is 3. The third-order valence-corrected chi connectivity index (χ3v) is 4.35. The number of carbonyl (C=O) groups is 1. The summed E-state index contributed by atoms with van der Waals surface area (Å²) in [6.45, 7) is 1.46. The summed E-state index contributed by atoms with van der Waals surface area (Å²) in [7, 11) is 3.61. The van der Waals surface area contributed by atoms with Gasteiger partial charge in [-0.15, -0.1) is 0 Å². The molecule has 0 spiro atoms. The Hall–Kier alpha value is -1.62. The second-order valence-corrected chi connectivity index (χ2v) is 5.87. The molecule has 2 bridgehead atoms. The highest BCUT2D eigenvalue weighted by Crippen LogP contribution is 2.39. The molecule has 1 saturated heterocycles. The van der Waals surface area contributed by atoms with Gasteiger partial charge in [-0.25, -0.2) is 4.98 Å². The fourth-order valence-corrected chi connectivity index (χ4v) is 3.28. The van der Waals surface area contributed by atoms with E-state index in [0.29, 0.717) is 24.4 Å². The van der Waals surface area contributed by atoms with Crippen molar-refractivity contribution in [3.8, 4) is 5.88 Å². The van der Waals surface area contributed by atoms with Gasteiger partial charge in [0, 0.05) is 44.9 Å². The normalized spacial score (nSPS) is 28.6. The summed E-state index contributed by atoms with van der Waals surface area (Å²) in [5.41, 5.74) is 0. The van der Waals surface area contributed by atoms with Crippen LogP contribution in [0.15, 0.2) is 24.4 Å². The maximum absolute atomic E-state index is 11.9. The molecule has 1 saturated carbocycles. The fourth-order valence-electron chi connectivity index (χ4n) is 3.28. The summed E-state index contributed by atoms with van der Waals surface area (Å²) >= 11 is 0. The van der Waals surface area contributed by atoms with Crippen molar-refractivity contribution in [2.75, 3.05) is 27.2 Å². The van der Waals surface area contributed by atoms with E-state index in [1.165, 1.54) is 6.42 Å². The van der Waals surface area contributed by atoms with Crippen LogP contribution in [0.25, 0.3) is 0 Å². The Kier molecular flexibility index (Phi) is 3.61. The van der Waals surface area contributed by atoms with Crippen molar-refractivity contribution in [2.45, 2.75) is 25.0 Å². The zero-order valence-electron chi connectivity index (χ0n) is 12.0. The lowest BCUT2D eigenvalue weighted by molar-refractivity contribution is -0.130. The molecule has 1 aliphatic carbocycles. The van der Waals surface area contributed by atoms with Gasteiger partial charge < -0.3 is 9.64 Å². The van der Waals surface area contributed by atoms with Crippen LogP contribution in [0.2, 0.25) is 0 Å². The lowest BCUT2D eigenvalue weighted by Crippen LogP contribution is -2.42. The molecule has 2 aliphatic rings. The van der Waals surface area contributed by atoms with E-state index in [-0.39, 0.29) is 12.0 Å². The molecular formula is C15H21N3O2. The van der Waals surface area contributed by atoms with Gasteiger partial charge in [0.05, 0.1) is 6.54 Å². The van der Waals surface area contributed by atoms with Crippen LogP contribution in [0.4, 0.5) is 0 Å². The van der Waals surface area contributed by atoms with Crippen molar-refractivity contribution < 1.29 is 9.53 Å². The van der Waals surface area contributed by atoms with E-state index in [1.807, 2.05) is 18.2 Å². The molecule has 1 aromatic rings. The Morgan fingerprint density at radius 2 is 2.30 bits per heavy atom. The summed E-state index contributed by atoms with van der Waals surface area (Å²) in [4.78, 5) is 20.0. The second kappa shape index (κ2) is 5.40. The van der Waals surface area contributed by atoms with E-state index in [1.54, 1.807) is 25.2 Å². The highest BCUT2D eigenvalue weighted by molar-refractivity contribution is 5.77. The second-order valence-electron chi connectivity index (χ2n) is 5.87. The fraction of sp³-hybridized carbons (Fsp3) is 0.600. The first-order chi connectivity index (χ1) is 9.65. The molecular weight excluding hydrogens is 254 g/mol. The predicted molar refractivity (Wildman–Crippen MR) is 75.4 cm³/mol. The number of ether oxygens (including phenoxy) is 1. The van der Waals surface area contributed by atoms with Gasteiger partial charge in [0.1, 0.15) is 6.10 Å². The van der Waals surface area contributed by atoms with E-state index in [4.69, 9.17) is 4.74 Å². The van der Waals surface area contributed by atoms with Crippen LogP contribution in [0.1, 0.15) is 12.8 Å². The molecule has 5 nitrogen and oxygen atoms in total. The van der Waals surface area contributed by atoms with Gasteiger partial charge in [0.15, 0.2) is 0 Å². The first-order valence-corrected chi connectivity index (χ1v) is 7.17. The van der Waals surface area contributed by atoms with Gasteiger partial charge in [-0.2, -0.15) is 0 Å². The molecule has 5 heteroatoms. The summed E-state index contributed by atoms with van der Waals surface area (Å²) in [6.07, 6.45) is 4.23. The van der Waals surface area contributed by atoms with Crippen LogP contribution < -0.4 is 4.74 Å². The van der Waals surface area contributed by atoms with Gasteiger partial charge in [-0.3, -0.25) is 9.69 Å². The molecule has 0 radical (unpaired) electrons. The molecule has 0 unspecified atom stereocenters. The van der Waals surface area contributed by atoms with Crippen molar-refractivity contribution in [3.63, 3.8) is 0 Å². The van der Waals surface area contributed by atoms with Gasteiger partial charge in [-0.1, -0.05) is 6.07 Å². The van der Waals surface area contributed by atoms with Crippen molar-refractivity contribution in [2.24, 2.45) is 5.92 Å². The first-order valence-electron chi connectivity index (χ1n) is 7.17. The van der Waals surface area contributed by atoms with E-state index >= 15 is 0 Å². The van der Waals surface area contributed by atoms with Crippen molar-refractivity contribution in [3.05, 3.63) is 24.4 Å². The van der Waals surface area contributed by atoms with Crippen LogP contribution in [0, 0.1) is 5.92 Å². The Morgan fingerprint density at radius 1 is 1.45 bits per heavy atom. The van der Waals surface area contributed by atoms with E-state index in [0.717, 1.165) is 13.0 Å². The smallest absolute Gasteiger partial charge is 0.236 e. The maximum Gasteiger partial charge on any atom is 0.236 e. The molecule has 1 amide bonds. The quantitative estimate of drug-likeness (QED) is 0.823. The number of hydrogen-bond acceptors (Lipinski definition) is 4. The van der Waals surface area contributed by atoms with E-state index in [9.17, 15) is 4.79 Å². The van der Waals surface area contributed by atoms with Crippen molar-refractivity contribution >= 4 is 5.91 Å². The summed E-state index contributed by atoms with van der Waals surface area (Å²) in [5.74, 6) is 1.38. The number of amides is 1. The first kappa shape index (κ1) is 13.4. The average Bonchev–Trinajstić information content (AvgIpc) is 2.96. The SMILES string of the molecule is CN(C)C(=O)CN1C[C@H]2CC[C@H]1[C@H]2Oc1ccccn1. The summed E-state index contributed by atoms with van der Waals surface area (Å²) in [5, 5.41) is 0. The molecule has 3 atom stereocenters. The van der Waals surface area contributed by atoms with Crippen molar-refractivity contribution in [1.82, 2.24) is 14.8 Å². The van der Waals surface area contributed by atoms with Crippen molar-refractivity contribution in [1.29, 1.82) is 0 Å². The largest absolute Gasteiger partial charge is 0.472 e. The molecule has 1 aromatic heterocycles. The number of likely N-dealkylation sites (tertiary alicyclic amines) is 1. The van der Waals surface area contributed by atoms with Gasteiger partial charge >= 0.3 is 0 Å². The molecule has 0 N–H and O–H groups in total. The molecule has 108 valence electrons. The van der Waals surface area contributed by atoms with Gasteiger partial charge in [0.2, 0.25) is 11.8 Å². The third-order valence-electron chi connectivity index (χ3n) is 4.35. The summed E-state index contributed by atoms with van der Waals surface area (Å²) < 4.78 is 6.06. The van der Waals surface area contributed by atoms with Crippen LogP contribution >= 0.6 is 0 Å². The minimum absolute atomic E-state index is 0.161. The number of pyridine rings is 1. The molecule has 20 heavy (non-hydrogen) atoms. The number of piperidine rings is 1. The highest BCUT2D eigenvalue weighted by Gasteiger charge is 2.49. The highest BCUT2D eigenvalue weighted by atomic mass is 16.5. The van der Waals surface area contributed by atoms with Gasteiger partial charge in [0.25, 0.3) is 0 Å². The Bertz CT molecular complexity index is 477. The van der Waals surface area contributed by atoms with E-state index in [2.05, 4.69) is 9.88 Å². The van der Waals surface area contributed by atoms with Crippen LogP contribution in [-0.4, -0.2) is 60.0 Å². The number of hydrogen-bond donors (Lipinski definition) is 0. The molecule has 1 aliphatic heterocycles. The molecule has 2 fully saturated rings. The van der Waals surface area contributed by atoms with Crippen LogP contribution in [0.3, 0.4) is 0 Å². The third kappa shape index (κ3) is 2.50. The van der Waals surface area contributed by atoms with Gasteiger partial charge in [-0.05, 0) is 18.9 Å². The Labute approximate surface area is 119 Å². The summed E-state index contributed by atoms with van der Waals surface area (Å²) in [6, 6.07) is 6.07. The minimum Gasteiger partial charge on any atom is -0.472 e. The topological polar surface area (TPSA) is 45.7 Å². The van der Waals surface area contributed by atoms with Crippen LogP contribution in [-0.2, 0) is 4.79 Å². The Morgan fingerprint density at radius 3 is 3.00 bits per heavy atom. The monoisotopic (exact) mass is 275 g/mol. The number of aromatic nitrogens is 1. The molecule has 3 rings (SSSR count). The number of fused-ring (bicyclic) bond motifs is 2. The number of rotatable bonds is 4. The molecule has 2 heterocycles. The minimum atomic E-state index is 0.161. The maximum atomic E-state index is 11.9. The average molecular weight is 275 g/mol.